The number of nitrogens with one attached hydrogen (secondary N) is 1. The van der Waals surface area contributed by atoms with Crippen LogP contribution in [0.25, 0.3) is 0 Å². The van der Waals surface area contributed by atoms with E-state index in [4.69, 9.17) is 7.67 Å². The summed E-state index contributed by atoms with van der Waals surface area (Å²) in [6.07, 6.45) is 0. The third kappa shape index (κ3) is 7.85. The van der Waals surface area contributed by atoms with E-state index in [2.05, 4.69) is 158 Å². The molecule has 1 atom stereocenters. The van der Waals surface area contributed by atoms with Crippen molar-refractivity contribution in [2.75, 3.05) is 11.4 Å². The van der Waals surface area contributed by atoms with Crippen LogP contribution in [0.2, 0.25) is 0 Å². The quantitative estimate of drug-likeness (QED) is 0.144. The summed E-state index contributed by atoms with van der Waals surface area (Å²) in [5.74, 6) is 2.59. The van der Waals surface area contributed by atoms with E-state index in [-0.39, 0.29) is 6.04 Å². The fourth-order valence-corrected chi connectivity index (χ4v) is 18.1. The molecule has 1 saturated heterocycles. The van der Waals surface area contributed by atoms with Crippen molar-refractivity contribution in [1.82, 2.24) is 5.32 Å². The molecule has 1 fully saturated rings. The summed E-state index contributed by atoms with van der Waals surface area (Å²) in [5.41, 5.74) is 10.3. The molecule has 6 aromatic carbocycles. The molecule has 250 valence electrons. The molecule has 1 aliphatic rings. The van der Waals surface area contributed by atoms with Gasteiger partial charge in [0.05, 0.1) is 0 Å². The van der Waals surface area contributed by atoms with Crippen molar-refractivity contribution in [3.8, 4) is 11.5 Å². The first-order valence-corrected chi connectivity index (χ1v) is 23.9. The monoisotopic (exact) mass is 733 g/mol. The number of hydrogen-bond donors (Lipinski definition) is 1. The van der Waals surface area contributed by atoms with Crippen molar-refractivity contribution in [3.63, 3.8) is 0 Å². The Morgan fingerprint density at radius 1 is 0.620 bits per heavy atom. The van der Waals surface area contributed by atoms with Crippen LogP contribution in [0.15, 0.2) is 161 Å². The van der Waals surface area contributed by atoms with Crippen LogP contribution >= 0.6 is 0 Å². The molecule has 1 N–H and O–H groups in total. The van der Waals surface area contributed by atoms with Gasteiger partial charge in [-0.1, -0.05) is 0 Å². The first-order valence-electron chi connectivity index (χ1n) is 17.6. The predicted molar refractivity (Wildman–Crippen MR) is 205 cm³/mol. The van der Waals surface area contributed by atoms with Gasteiger partial charge in [-0.25, -0.2) is 0 Å². The van der Waals surface area contributed by atoms with E-state index in [1.807, 2.05) is 30.3 Å². The van der Waals surface area contributed by atoms with Gasteiger partial charge < -0.3 is 0 Å². The Morgan fingerprint density at radius 3 is 1.60 bits per heavy atom. The first kappa shape index (κ1) is 33.8. The van der Waals surface area contributed by atoms with E-state index in [1.165, 1.54) is 38.9 Å². The molecule has 0 radical (unpaired) electrons. The van der Waals surface area contributed by atoms with Gasteiger partial charge in [0.15, 0.2) is 0 Å². The Hall–Kier alpha value is -4.73. The molecular formula is C45H45N3OZr. The van der Waals surface area contributed by atoms with Crippen molar-refractivity contribution < 1.29 is 25.3 Å². The normalized spacial score (nSPS) is 15.2. The van der Waals surface area contributed by atoms with Crippen molar-refractivity contribution in [2.24, 2.45) is 2.94 Å². The van der Waals surface area contributed by atoms with E-state index in [0.717, 1.165) is 42.1 Å². The molecule has 4 nitrogen and oxygen atoms in total. The molecule has 1 heterocycles. The summed E-state index contributed by atoms with van der Waals surface area (Å²) in [5, 5.41) is 3.90. The van der Waals surface area contributed by atoms with Gasteiger partial charge in [-0.3, -0.25) is 0 Å². The molecule has 0 bridgehead atoms. The summed E-state index contributed by atoms with van der Waals surface area (Å²) in [7, 11) is 0. The third-order valence-electron chi connectivity index (χ3n) is 9.63. The second kappa shape index (κ2) is 15.4. The van der Waals surface area contributed by atoms with Crippen LogP contribution in [0.1, 0.15) is 45.0 Å². The van der Waals surface area contributed by atoms with Gasteiger partial charge >= 0.3 is 304 Å². The van der Waals surface area contributed by atoms with E-state index < -0.39 is 20.6 Å². The maximum atomic E-state index is 6.64. The molecule has 1 unspecified atom stereocenters. The predicted octanol–water partition coefficient (Wildman–Crippen LogP) is 10.6. The molecule has 0 aliphatic carbocycles. The minimum atomic E-state index is -3.64. The second-order valence-corrected chi connectivity index (χ2v) is 22.8. The fourth-order valence-electron chi connectivity index (χ4n) is 7.65. The summed E-state index contributed by atoms with van der Waals surface area (Å²) in [6, 6.07) is 56.2. The van der Waals surface area contributed by atoms with Gasteiger partial charge in [-0.15, -0.1) is 0 Å². The molecule has 5 heteroatoms. The standard InChI is InChI=1S/C24H24N3O.3C7H7.Zr/c1-16-13-17(2)23(18(3)14-16)21-15-26-24(25)27(21)20-11-7-8-12-22(20)28-19-9-5-4-6-10-19;3*1-7-5-3-2-4-6-7;/h4-14,21H,15H2,1-3H3,(H-,25,26);3*2-6H,1H2;/q-1;;;;+1. The zero-order valence-electron chi connectivity index (χ0n) is 29.2. The van der Waals surface area contributed by atoms with Crippen LogP contribution in [0.4, 0.5) is 5.69 Å². The summed E-state index contributed by atoms with van der Waals surface area (Å²) in [4.78, 5) is 2.45. The number of anilines is 1. The second-order valence-electron chi connectivity index (χ2n) is 13.6. The Kier molecular flexibility index (Phi) is 10.4. The number of rotatable bonds is 11. The Morgan fingerprint density at radius 2 is 1.08 bits per heavy atom. The van der Waals surface area contributed by atoms with E-state index in [9.17, 15) is 0 Å². The molecule has 50 heavy (non-hydrogen) atoms. The molecule has 6 aromatic rings. The Bertz CT molecular complexity index is 1920. The molecule has 0 spiro atoms. The van der Waals surface area contributed by atoms with Crippen LogP contribution in [-0.4, -0.2) is 12.5 Å². The number of hydrogen-bond acceptors (Lipinski definition) is 2. The zero-order valence-corrected chi connectivity index (χ0v) is 31.7. The van der Waals surface area contributed by atoms with Crippen LogP contribution in [0.5, 0.6) is 11.5 Å². The SMILES string of the molecule is Cc1cc(C)c(C2CNC(=[N][Zr]([CH2]c3ccccc3)([CH2]c3ccccc3)[CH2]c3ccccc3)N2c2ccccc2Oc2ccccc2)c(C)c1. The topological polar surface area (TPSA) is 36.9 Å². The fraction of sp³-hybridized carbons (Fsp3) is 0.178. The molecule has 0 saturated carbocycles. The van der Waals surface area contributed by atoms with Gasteiger partial charge in [-0.05, 0) is 0 Å². The van der Waals surface area contributed by atoms with E-state index in [1.54, 1.807) is 0 Å². The average Bonchev–Trinajstić information content (AvgIpc) is 3.51. The minimum absolute atomic E-state index is 0.0454. The number of benzene rings is 6. The molecular weight excluding hydrogens is 690 g/mol. The average molecular weight is 735 g/mol. The summed E-state index contributed by atoms with van der Waals surface area (Å²) < 4.78 is 15.8. The van der Waals surface area contributed by atoms with Crippen molar-refractivity contribution in [1.29, 1.82) is 0 Å². The Balaban J connectivity index is 1.43. The number of aryl methyl sites for hydroxylation is 3. The Labute approximate surface area is 302 Å². The van der Waals surface area contributed by atoms with Gasteiger partial charge in [0, 0.05) is 0 Å². The first-order chi connectivity index (χ1) is 24.5. The van der Waals surface area contributed by atoms with Gasteiger partial charge in [0.1, 0.15) is 0 Å². The number of guanidine groups is 1. The summed E-state index contributed by atoms with van der Waals surface area (Å²) in [6.45, 7) is 7.44. The van der Waals surface area contributed by atoms with Gasteiger partial charge in [-0.2, -0.15) is 0 Å². The molecule has 0 amide bonds. The van der Waals surface area contributed by atoms with Crippen LogP contribution < -0.4 is 15.0 Å². The third-order valence-corrected chi connectivity index (χ3v) is 19.2. The van der Waals surface area contributed by atoms with Gasteiger partial charge in [0.25, 0.3) is 0 Å². The number of ether oxygens (including phenoxy) is 1. The molecule has 1 aliphatic heterocycles. The van der Waals surface area contributed by atoms with Crippen molar-refractivity contribution >= 4 is 11.6 Å². The summed E-state index contributed by atoms with van der Waals surface area (Å²) >= 11 is -3.64. The molecule has 7 rings (SSSR count). The van der Waals surface area contributed by atoms with E-state index in [0.29, 0.717) is 0 Å². The van der Waals surface area contributed by atoms with Crippen molar-refractivity contribution in [3.05, 3.63) is 197 Å². The van der Waals surface area contributed by atoms with Crippen molar-refractivity contribution in [2.45, 2.75) is 39.2 Å². The van der Waals surface area contributed by atoms with E-state index >= 15 is 0 Å². The maximum absolute atomic E-state index is 6.64. The van der Waals surface area contributed by atoms with Gasteiger partial charge in [0.2, 0.25) is 0 Å². The number of nitrogens with zero attached hydrogens (tertiary/aromatic N) is 2. The number of para-hydroxylation sites is 3. The van der Waals surface area contributed by atoms with Crippen LogP contribution in [0, 0.1) is 20.8 Å². The molecule has 0 aromatic heterocycles. The van der Waals surface area contributed by atoms with Crippen LogP contribution in [-0.2, 0) is 32.9 Å². The zero-order chi connectivity index (χ0) is 34.3. The van der Waals surface area contributed by atoms with Crippen LogP contribution in [0.3, 0.4) is 0 Å².